The van der Waals surface area contributed by atoms with E-state index in [-0.39, 0.29) is 17.8 Å². The Hall–Kier alpha value is -3.53. The van der Waals surface area contributed by atoms with Gasteiger partial charge in [0.25, 0.3) is 5.91 Å². The molecule has 3 aromatic carbocycles. The van der Waals surface area contributed by atoms with Gasteiger partial charge in [0, 0.05) is 11.3 Å². The van der Waals surface area contributed by atoms with Gasteiger partial charge in [-0.3, -0.25) is 9.10 Å². The molecule has 0 bridgehead atoms. The molecule has 0 saturated carbocycles. The van der Waals surface area contributed by atoms with Crippen molar-refractivity contribution in [2.45, 2.75) is 19.8 Å². The summed E-state index contributed by atoms with van der Waals surface area (Å²) < 4.78 is 66.6. The molecule has 1 N–H and O–H groups in total. The maximum absolute atomic E-state index is 12.5. The van der Waals surface area contributed by atoms with Crippen LogP contribution in [0.1, 0.15) is 21.5 Å². The van der Waals surface area contributed by atoms with E-state index < -0.39 is 28.0 Å². The zero-order valence-electron chi connectivity index (χ0n) is 17.8. The Morgan fingerprint density at radius 2 is 1.58 bits per heavy atom. The van der Waals surface area contributed by atoms with Gasteiger partial charge in [-0.1, -0.05) is 24.3 Å². The first kappa shape index (κ1) is 24.1. The lowest BCUT2D eigenvalue weighted by Gasteiger charge is -2.23. The van der Waals surface area contributed by atoms with E-state index in [0.29, 0.717) is 5.69 Å². The molecule has 1 amide bonds. The second-order valence-electron chi connectivity index (χ2n) is 7.27. The second-order valence-corrected chi connectivity index (χ2v) is 9.18. The summed E-state index contributed by atoms with van der Waals surface area (Å²) in [5, 5.41) is 2.57. The number of carbonyl (C=O) groups excluding carboxylic acids is 1. The summed E-state index contributed by atoms with van der Waals surface area (Å²) in [7, 11) is -3.59. The first-order valence-electron chi connectivity index (χ1n) is 9.72. The molecule has 0 aliphatic carbocycles. The number of anilines is 2. The van der Waals surface area contributed by atoms with E-state index in [0.717, 1.165) is 29.5 Å². The van der Waals surface area contributed by atoms with Crippen LogP contribution in [0.25, 0.3) is 0 Å². The summed E-state index contributed by atoms with van der Waals surface area (Å²) in [6.45, 7) is 2.04. The molecule has 0 spiro atoms. The molecule has 0 aliphatic heterocycles. The topological polar surface area (TPSA) is 75.7 Å². The minimum Gasteiger partial charge on any atom is -0.406 e. The highest BCUT2D eigenvalue weighted by Crippen LogP contribution is 2.25. The molecule has 0 unspecified atom stereocenters. The lowest BCUT2D eigenvalue weighted by molar-refractivity contribution is -0.274. The van der Waals surface area contributed by atoms with Gasteiger partial charge < -0.3 is 10.1 Å². The quantitative estimate of drug-likeness (QED) is 0.512. The minimum absolute atomic E-state index is 0.142. The monoisotopic (exact) mass is 478 g/mol. The van der Waals surface area contributed by atoms with E-state index >= 15 is 0 Å². The normalized spacial score (nSPS) is 11.7. The zero-order chi connectivity index (χ0) is 24.2. The third kappa shape index (κ3) is 6.72. The number of amides is 1. The number of carbonyl (C=O) groups is 1. The van der Waals surface area contributed by atoms with E-state index in [4.69, 9.17) is 0 Å². The number of nitrogens with zero attached hydrogens (tertiary/aromatic N) is 1. The molecule has 0 atom stereocenters. The number of benzene rings is 3. The fourth-order valence-corrected chi connectivity index (χ4v) is 3.94. The van der Waals surface area contributed by atoms with Crippen LogP contribution in [0, 0.1) is 6.92 Å². The van der Waals surface area contributed by atoms with Crippen LogP contribution in [0.4, 0.5) is 24.5 Å². The number of rotatable bonds is 7. The molecule has 3 rings (SSSR count). The van der Waals surface area contributed by atoms with Crippen molar-refractivity contribution in [3.8, 4) is 5.75 Å². The van der Waals surface area contributed by atoms with Crippen molar-refractivity contribution in [1.82, 2.24) is 0 Å². The first-order chi connectivity index (χ1) is 15.4. The Bertz CT molecular complexity index is 1230. The van der Waals surface area contributed by atoms with Crippen molar-refractivity contribution in [3.63, 3.8) is 0 Å². The molecule has 0 saturated heterocycles. The van der Waals surface area contributed by atoms with Crippen LogP contribution in [0.3, 0.4) is 0 Å². The minimum atomic E-state index is -4.80. The predicted molar refractivity (Wildman–Crippen MR) is 120 cm³/mol. The summed E-state index contributed by atoms with van der Waals surface area (Å²) in [5.41, 5.74) is 2.72. The number of hydrogen-bond acceptors (Lipinski definition) is 4. The van der Waals surface area contributed by atoms with E-state index in [9.17, 15) is 26.4 Å². The predicted octanol–water partition coefficient (Wildman–Crippen LogP) is 5.11. The molecule has 3 aromatic rings. The van der Waals surface area contributed by atoms with Gasteiger partial charge in [-0.25, -0.2) is 8.42 Å². The molecule has 6 nitrogen and oxygen atoms in total. The van der Waals surface area contributed by atoms with Crippen LogP contribution in [-0.2, 0) is 16.6 Å². The van der Waals surface area contributed by atoms with Gasteiger partial charge in [0.2, 0.25) is 10.0 Å². The highest BCUT2D eigenvalue weighted by Gasteiger charge is 2.31. The molecular formula is C23H21F3N2O4S. The number of sulfonamides is 1. The maximum atomic E-state index is 12.5. The third-order valence-corrected chi connectivity index (χ3v) is 5.88. The van der Waals surface area contributed by atoms with Crippen LogP contribution < -0.4 is 14.4 Å². The second kappa shape index (κ2) is 9.53. The van der Waals surface area contributed by atoms with Crippen LogP contribution in [0.15, 0.2) is 72.8 Å². The van der Waals surface area contributed by atoms with Crippen molar-refractivity contribution in [1.29, 1.82) is 0 Å². The lowest BCUT2D eigenvalue weighted by Crippen LogP contribution is -2.29. The Morgan fingerprint density at radius 1 is 0.970 bits per heavy atom. The van der Waals surface area contributed by atoms with Gasteiger partial charge in [0.15, 0.2) is 0 Å². The molecule has 0 fully saturated rings. The summed E-state index contributed by atoms with van der Waals surface area (Å²) in [6.07, 6.45) is -3.69. The number of ether oxygens (including phenoxy) is 1. The molecule has 0 aromatic heterocycles. The Labute approximate surface area is 189 Å². The lowest BCUT2D eigenvalue weighted by atomic mass is 10.1. The van der Waals surface area contributed by atoms with Crippen LogP contribution in [0.5, 0.6) is 5.75 Å². The summed E-state index contributed by atoms with van der Waals surface area (Å²) in [5.74, 6) is -0.907. The molecule has 0 heterocycles. The average Bonchev–Trinajstić information content (AvgIpc) is 2.73. The molecule has 0 aliphatic rings. The first-order valence-corrected chi connectivity index (χ1v) is 11.6. The Balaban J connectivity index is 1.73. The van der Waals surface area contributed by atoms with Crippen molar-refractivity contribution in [2.24, 2.45) is 0 Å². The number of halogens is 3. The van der Waals surface area contributed by atoms with Gasteiger partial charge in [-0.15, -0.1) is 13.2 Å². The molecule has 0 radical (unpaired) electrons. The van der Waals surface area contributed by atoms with Crippen LogP contribution >= 0.6 is 0 Å². The van der Waals surface area contributed by atoms with Gasteiger partial charge in [0.05, 0.1) is 18.5 Å². The highest BCUT2D eigenvalue weighted by molar-refractivity contribution is 7.92. The molecular weight excluding hydrogens is 457 g/mol. The average molecular weight is 478 g/mol. The SMILES string of the molecule is Cc1ccccc1CN(c1ccc(C(=O)Nc2ccc(OC(F)(F)F)cc2)cc1)S(C)(=O)=O. The Kier molecular flexibility index (Phi) is 6.97. The number of nitrogens with one attached hydrogen (secondary N) is 1. The largest absolute Gasteiger partial charge is 0.573 e. The van der Waals surface area contributed by atoms with E-state index in [1.165, 1.54) is 40.7 Å². The molecule has 33 heavy (non-hydrogen) atoms. The molecule has 174 valence electrons. The van der Waals surface area contributed by atoms with Gasteiger partial charge >= 0.3 is 6.36 Å². The van der Waals surface area contributed by atoms with E-state index in [2.05, 4.69) is 10.1 Å². The van der Waals surface area contributed by atoms with Crippen molar-refractivity contribution < 1.29 is 31.1 Å². The fraction of sp³-hybridized carbons (Fsp3) is 0.174. The standard InChI is InChI=1S/C23H21F3N2O4S/c1-16-5-3-4-6-18(16)15-28(33(2,30)31)20-11-7-17(8-12-20)22(29)27-19-9-13-21(14-10-19)32-23(24,25)26/h3-14H,15H2,1-2H3,(H,27,29). The van der Waals surface area contributed by atoms with Gasteiger partial charge in [-0.05, 0) is 66.6 Å². The summed E-state index contributed by atoms with van der Waals surface area (Å²) in [6, 6.07) is 18.2. The van der Waals surface area contributed by atoms with Crippen molar-refractivity contribution in [3.05, 3.63) is 89.5 Å². The summed E-state index contributed by atoms with van der Waals surface area (Å²) >= 11 is 0. The van der Waals surface area contributed by atoms with Crippen LogP contribution in [-0.4, -0.2) is 26.9 Å². The number of aryl methyl sites for hydroxylation is 1. The van der Waals surface area contributed by atoms with Crippen LogP contribution in [0.2, 0.25) is 0 Å². The van der Waals surface area contributed by atoms with E-state index in [1.54, 1.807) is 0 Å². The van der Waals surface area contributed by atoms with E-state index in [1.807, 2.05) is 31.2 Å². The number of hydrogen-bond donors (Lipinski definition) is 1. The maximum Gasteiger partial charge on any atom is 0.573 e. The van der Waals surface area contributed by atoms with Crippen molar-refractivity contribution in [2.75, 3.05) is 15.9 Å². The third-order valence-electron chi connectivity index (χ3n) is 4.74. The highest BCUT2D eigenvalue weighted by atomic mass is 32.2. The van der Waals surface area contributed by atoms with Crippen molar-refractivity contribution >= 4 is 27.3 Å². The smallest absolute Gasteiger partial charge is 0.406 e. The fourth-order valence-electron chi connectivity index (χ4n) is 3.06. The van der Waals surface area contributed by atoms with Gasteiger partial charge in [-0.2, -0.15) is 0 Å². The Morgan fingerprint density at radius 3 is 2.12 bits per heavy atom. The zero-order valence-corrected chi connectivity index (χ0v) is 18.6. The number of alkyl halides is 3. The van der Waals surface area contributed by atoms with Gasteiger partial charge in [0.1, 0.15) is 5.75 Å². The summed E-state index contributed by atoms with van der Waals surface area (Å²) in [4.78, 5) is 12.5. The molecule has 10 heteroatoms.